The van der Waals surface area contributed by atoms with Crippen molar-refractivity contribution in [1.29, 1.82) is 0 Å². The van der Waals surface area contributed by atoms with Crippen LogP contribution in [0.4, 0.5) is 0 Å². The zero-order chi connectivity index (χ0) is 35.1. The van der Waals surface area contributed by atoms with Gasteiger partial charge in [-0.2, -0.15) is 0 Å². The molecule has 0 amide bonds. The normalized spacial score (nSPS) is 11.4. The topological polar surface area (TPSA) is 38.7 Å². The maximum atomic E-state index is 5.22. The Morgan fingerprint density at radius 2 is 0.868 bits per heavy atom. The van der Waals surface area contributed by atoms with E-state index in [1.54, 1.807) is 0 Å². The first-order chi connectivity index (χ1) is 26.2. The third-order valence-corrected chi connectivity index (χ3v) is 11.1. The number of hydrogen-bond acceptors (Lipinski definition) is 4. The minimum atomic E-state index is 0.702. The van der Waals surface area contributed by atoms with Gasteiger partial charge in [-0.3, -0.25) is 0 Å². The van der Waals surface area contributed by atoms with Gasteiger partial charge in [-0.25, -0.2) is 15.0 Å². The first-order valence-corrected chi connectivity index (χ1v) is 18.6. The fraction of sp³-hybridized carbons (Fsp3) is 0. The van der Waals surface area contributed by atoms with Gasteiger partial charge < -0.3 is 0 Å². The SMILES string of the molecule is c1ccc(-c2cccc(-c3nc(-c4ccccc4)cc(-c4ccc(-c5ccc6sc7c8ccccc8nc(-c8ccccc8)c7c6c5)cc4)n3)c2)cc1. The first-order valence-electron chi connectivity index (χ1n) is 17.8. The zero-order valence-corrected chi connectivity index (χ0v) is 29.5. The maximum absolute atomic E-state index is 5.22. The maximum Gasteiger partial charge on any atom is 0.160 e. The van der Waals surface area contributed by atoms with Gasteiger partial charge in [0.15, 0.2) is 5.82 Å². The van der Waals surface area contributed by atoms with E-state index in [1.165, 1.54) is 36.7 Å². The van der Waals surface area contributed by atoms with Crippen molar-refractivity contribution in [2.75, 3.05) is 0 Å². The van der Waals surface area contributed by atoms with Crippen molar-refractivity contribution in [3.05, 3.63) is 188 Å². The van der Waals surface area contributed by atoms with E-state index in [2.05, 4.69) is 176 Å². The van der Waals surface area contributed by atoms with Gasteiger partial charge in [-0.15, -0.1) is 11.3 Å². The van der Waals surface area contributed by atoms with E-state index in [0.29, 0.717) is 5.82 Å². The first kappa shape index (κ1) is 31.0. The van der Waals surface area contributed by atoms with E-state index in [-0.39, 0.29) is 0 Å². The lowest BCUT2D eigenvalue weighted by Crippen LogP contribution is -1.96. The zero-order valence-electron chi connectivity index (χ0n) is 28.6. The van der Waals surface area contributed by atoms with E-state index < -0.39 is 0 Å². The highest BCUT2D eigenvalue weighted by molar-refractivity contribution is 7.26. The molecule has 0 aliphatic carbocycles. The van der Waals surface area contributed by atoms with Crippen LogP contribution in [0.2, 0.25) is 0 Å². The summed E-state index contributed by atoms with van der Waals surface area (Å²) in [6.07, 6.45) is 0. The number of pyridine rings is 1. The molecular formula is C49H31N3S. The molecule has 0 saturated heterocycles. The van der Waals surface area contributed by atoms with Crippen molar-refractivity contribution in [2.24, 2.45) is 0 Å². The molecule has 0 unspecified atom stereocenters. The van der Waals surface area contributed by atoms with Crippen LogP contribution < -0.4 is 0 Å². The van der Waals surface area contributed by atoms with Crippen LogP contribution in [0.5, 0.6) is 0 Å². The molecule has 0 aliphatic heterocycles. The molecule has 3 heterocycles. The molecule has 3 nitrogen and oxygen atoms in total. The van der Waals surface area contributed by atoms with Crippen molar-refractivity contribution >= 4 is 42.4 Å². The molecule has 3 aromatic heterocycles. The molecule has 0 atom stereocenters. The van der Waals surface area contributed by atoms with Crippen LogP contribution in [-0.2, 0) is 0 Å². The molecule has 0 radical (unpaired) electrons. The Bertz CT molecular complexity index is 2920. The molecule has 0 saturated carbocycles. The fourth-order valence-electron chi connectivity index (χ4n) is 7.23. The molecule has 7 aromatic carbocycles. The number of para-hydroxylation sites is 1. The van der Waals surface area contributed by atoms with Crippen molar-refractivity contribution < 1.29 is 0 Å². The van der Waals surface area contributed by atoms with Gasteiger partial charge >= 0.3 is 0 Å². The van der Waals surface area contributed by atoms with E-state index >= 15 is 0 Å². The Hall–Kier alpha value is -6.75. The second kappa shape index (κ2) is 13.1. The quantitative estimate of drug-likeness (QED) is 0.174. The van der Waals surface area contributed by atoms with Gasteiger partial charge in [0.25, 0.3) is 0 Å². The van der Waals surface area contributed by atoms with Crippen LogP contribution in [-0.4, -0.2) is 15.0 Å². The molecule has 10 rings (SSSR count). The lowest BCUT2D eigenvalue weighted by Gasteiger charge is -2.11. The molecule has 0 spiro atoms. The molecule has 53 heavy (non-hydrogen) atoms. The van der Waals surface area contributed by atoms with E-state index in [9.17, 15) is 0 Å². The molecule has 248 valence electrons. The number of nitrogens with zero attached hydrogens (tertiary/aromatic N) is 3. The number of rotatable bonds is 6. The Balaban J connectivity index is 1.07. The monoisotopic (exact) mass is 693 g/mol. The summed E-state index contributed by atoms with van der Waals surface area (Å²) in [7, 11) is 0. The fourth-order valence-corrected chi connectivity index (χ4v) is 8.45. The smallest absolute Gasteiger partial charge is 0.160 e. The third-order valence-electron chi connectivity index (χ3n) is 9.89. The summed E-state index contributed by atoms with van der Waals surface area (Å²) < 4.78 is 2.54. The average Bonchev–Trinajstić information content (AvgIpc) is 3.64. The van der Waals surface area contributed by atoms with E-state index in [4.69, 9.17) is 15.0 Å². The minimum Gasteiger partial charge on any atom is -0.247 e. The van der Waals surface area contributed by atoms with Gasteiger partial charge in [-0.05, 0) is 52.6 Å². The summed E-state index contributed by atoms with van der Waals surface area (Å²) >= 11 is 1.85. The highest BCUT2D eigenvalue weighted by Crippen LogP contribution is 2.44. The second-order valence-corrected chi connectivity index (χ2v) is 14.3. The minimum absolute atomic E-state index is 0.702. The van der Waals surface area contributed by atoms with Gasteiger partial charge in [0, 0.05) is 47.8 Å². The molecule has 0 bridgehead atoms. The Labute approximate surface area is 311 Å². The average molecular weight is 694 g/mol. The number of benzene rings is 7. The lowest BCUT2D eigenvalue weighted by molar-refractivity contribution is 1.18. The molecule has 0 aliphatic rings. The van der Waals surface area contributed by atoms with Gasteiger partial charge in [0.1, 0.15) is 0 Å². The van der Waals surface area contributed by atoms with Gasteiger partial charge in [0.2, 0.25) is 0 Å². The Kier molecular flexibility index (Phi) is 7.67. The highest BCUT2D eigenvalue weighted by Gasteiger charge is 2.17. The van der Waals surface area contributed by atoms with Crippen molar-refractivity contribution in [3.8, 4) is 67.4 Å². The third kappa shape index (κ3) is 5.76. The predicted octanol–water partition coefficient (Wildman–Crippen LogP) is 13.4. The van der Waals surface area contributed by atoms with Crippen LogP contribution >= 0.6 is 11.3 Å². The number of hydrogen-bond donors (Lipinski definition) is 0. The largest absolute Gasteiger partial charge is 0.247 e. The van der Waals surface area contributed by atoms with Crippen LogP contribution in [0.1, 0.15) is 0 Å². The van der Waals surface area contributed by atoms with Crippen LogP contribution in [0.15, 0.2) is 188 Å². The van der Waals surface area contributed by atoms with Crippen molar-refractivity contribution in [2.45, 2.75) is 0 Å². The van der Waals surface area contributed by atoms with E-state index in [0.717, 1.165) is 56.0 Å². The van der Waals surface area contributed by atoms with Gasteiger partial charge in [-0.1, -0.05) is 158 Å². The summed E-state index contributed by atoms with van der Waals surface area (Å²) in [4.78, 5) is 15.4. The van der Waals surface area contributed by atoms with Crippen LogP contribution in [0.3, 0.4) is 0 Å². The number of thiophene rings is 1. The molecule has 4 heteroatoms. The number of aromatic nitrogens is 3. The molecule has 10 aromatic rings. The summed E-state index contributed by atoms with van der Waals surface area (Å²) in [5.41, 5.74) is 12.7. The predicted molar refractivity (Wildman–Crippen MR) is 223 cm³/mol. The highest BCUT2D eigenvalue weighted by atomic mass is 32.1. The van der Waals surface area contributed by atoms with Crippen molar-refractivity contribution in [1.82, 2.24) is 15.0 Å². The summed E-state index contributed by atoms with van der Waals surface area (Å²) in [6.45, 7) is 0. The summed E-state index contributed by atoms with van der Waals surface area (Å²) in [6, 6.07) is 66.0. The lowest BCUT2D eigenvalue weighted by atomic mass is 9.98. The molecule has 0 N–H and O–H groups in total. The van der Waals surface area contributed by atoms with Crippen molar-refractivity contribution in [3.63, 3.8) is 0 Å². The second-order valence-electron chi connectivity index (χ2n) is 13.2. The number of fused-ring (bicyclic) bond motifs is 5. The molecular weight excluding hydrogens is 663 g/mol. The summed E-state index contributed by atoms with van der Waals surface area (Å²) in [5, 5.41) is 3.64. The van der Waals surface area contributed by atoms with Crippen LogP contribution in [0.25, 0.3) is 98.5 Å². The van der Waals surface area contributed by atoms with Crippen LogP contribution in [0, 0.1) is 0 Å². The Morgan fingerprint density at radius 1 is 0.340 bits per heavy atom. The van der Waals surface area contributed by atoms with Gasteiger partial charge in [0.05, 0.1) is 22.6 Å². The Morgan fingerprint density at radius 3 is 1.60 bits per heavy atom. The van der Waals surface area contributed by atoms with E-state index in [1.807, 2.05) is 23.5 Å². The molecule has 0 fully saturated rings. The summed E-state index contributed by atoms with van der Waals surface area (Å²) in [5.74, 6) is 0.702. The standard InChI is InChI=1S/C49H31N3S/c1-4-13-32(14-5-1)37-19-12-20-39(29-37)49-51-43(34-15-6-2-7-16-34)31-44(52-49)35-25-23-33(24-26-35)38-27-28-45-41(30-38)46-47(36-17-8-3-9-18-36)50-42-22-11-10-21-40(42)48(46)53-45/h1-31H.